The first kappa shape index (κ1) is 25.5. The van der Waals surface area contributed by atoms with Gasteiger partial charge < -0.3 is 0 Å². The molecule has 7 rings (SSSR count). The Hall–Kier alpha value is -4.42. The van der Waals surface area contributed by atoms with Crippen molar-refractivity contribution in [1.29, 1.82) is 0 Å². The van der Waals surface area contributed by atoms with Gasteiger partial charge in [0.25, 0.3) is 0 Å². The molecule has 200 valence electrons. The zero-order chi connectivity index (χ0) is 28.1. The molecular weight excluding hydrogens is 492 g/mol. The highest BCUT2D eigenvalue weighted by Crippen LogP contribution is 2.40. The van der Waals surface area contributed by atoms with E-state index < -0.39 is 0 Å². The highest BCUT2D eigenvalue weighted by atomic mass is 14.3. The van der Waals surface area contributed by atoms with Crippen molar-refractivity contribution in [1.82, 2.24) is 0 Å². The van der Waals surface area contributed by atoms with Crippen molar-refractivity contribution in [3.8, 4) is 11.1 Å². The van der Waals surface area contributed by atoms with Crippen LogP contribution >= 0.6 is 0 Å². The van der Waals surface area contributed by atoms with Gasteiger partial charge >= 0.3 is 0 Å². The second-order valence-corrected chi connectivity index (χ2v) is 11.6. The fraction of sp³-hybridized carbons (Fsp3) is 0.171. The summed E-state index contributed by atoms with van der Waals surface area (Å²) >= 11 is 0. The number of hydrogen-bond acceptors (Lipinski definition) is 0. The highest BCUT2D eigenvalue weighted by Gasteiger charge is 2.28. The zero-order valence-electron chi connectivity index (χ0n) is 24.5. The van der Waals surface area contributed by atoms with Gasteiger partial charge in [0.15, 0.2) is 0 Å². The third-order valence-corrected chi connectivity index (χ3v) is 9.03. The number of fused-ring (bicyclic) bond motifs is 4. The van der Waals surface area contributed by atoms with Crippen molar-refractivity contribution in [2.24, 2.45) is 0 Å². The SMILES string of the molecule is CCc1ccc2c(c1)C=c1c-2cc(=C(c2ccccc2)c2ccccc2)c(CC)c1C1C=Cc2cc(C)cc(C)c21. The summed E-state index contributed by atoms with van der Waals surface area (Å²) in [7, 11) is 0. The van der Waals surface area contributed by atoms with Crippen LogP contribution in [0.15, 0.2) is 103 Å². The van der Waals surface area contributed by atoms with E-state index in [0.29, 0.717) is 0 Å². The van der Waals surface area contributed by atoms with Crippen LogP contribution in [0.3, 0.4) is 0 Å². The van der Waals surface area contributed by atoms with Crippen LogP contribution in [-0.4, -0.2) is 0 Å². The smallest absolute Gasteiger partial charge is 0.0290 e. The van der Waals surface area contributed by atoms with Gasteiger partial charge in [-0.25, -0.2) is 0 Å². The number of hydrogen-bond donors (Lipinski definition) is 0. The molecule has 0 fully saturated rings. The van der Waals surface area contributed by atoms with Gasteiger partial charge in [-0.3, -0.25) is 0 Å². The minimum atomic E-state index is 0.234. The van der Waals surface area contributed by atoms with Gasteiger partial charge in [0, 0.05) is 5.92 Å². The first-order valence-corrected chi connectivity index (χ1v) is 15.0. The van der Waals surface area contributed by atoms with E-state index in [0.717, 1.165) is 12.8 Å². The summed E-state index contributed by atoms with van der Waals surface area (Å²) in [6.07, 6.45) is 9.30. The van der Waals surface area contributed by atoms with Gasteiger partial charge in [0.2, 0.25) is 0 Å². The molecule has 0 aliphatic heterocycles. The summed E-state index contributed by atoms with van der Waals surface area (Å²) in [6.45, 7) is 9.08. The summed E-state index contributed by atoms with van der Waals surface area (Å²) < 4.78 is 0. The number of rotatable bonds is 5. The van der Waals surface area contributed by atoms with Crippen LogP contribution in [0, 0.1) is 13.8 Å². The van der Waals surface area contributed by atoms with Gasteiger partial charge in [0.1, 0.15) is 0 Å². The average Bonchev–Trinajstić information content (AvgIpc) is 3.58. The van der Waals surface area contributed by atoms with Crippen LogP contribution in [0.1, 0.15) is 75.4 Å². The Morgan fingerprint density at radius 3 is 2.02 bits per heavy atom. The zero-order valence-corrected chi connectivity index (χ0v) is 24.5. The molecule has 0 N–H and O–H groups in total. The summed E-state index contributed by atoms with van der Waals surface area (Å²) in [5.74, 6) is 0.234. The third kappa shape index (κ3) is 4.21. The minimum Gasteiger partial charge on any atom is -0.0720 e. The maximum Gasteiger partial charge on any atom is 0.0290 e. The molecule has 0 heterocycles. The molecule has 0 aromatic heterocycles. The average molecular weight is 529 g/mol. The van der Waals surface area contributed by atoms with Gasteiger partial charge in [-0.05, 0) is 116 Å². The van der Waals surface area contributed by atoms with Gasteiger partial charge in [-0.2, -0.15) is 0 Å². The fourth-order valence-electron chi connectivity index (χ4n) is 7.25. The lowest BCUT2D eigenvalue weighted by Gasteiger charge is -2.22. The summed E-state index contributed by atoms with van der Waals surface area (Å²) in [5, 5.41) is 2.75. The molecule has 0 saturated carbocycles. The van der Waals surface area contributed by atoms with E-state index in [1.165, 1.54) is 82.8 Å². The van der Waals surface area contributed by atoms with E-state index in [1.54, 1.807) is 0 Å². The van der Waals surface area contributed by atoms with E-state index in [-0.39, 0.29) is 5.92 Å². The summed E-state index contributed by atoms with van der Waals surface area (Å²) in [5.41, 5.74) is 17.8. The maximum absolute atomic E-state index is 2.50. The molecule has 2 aliphatic rings. The van der Waals surface area contributed by atoms with Gasteiger partial charge in [0.05, 0.1) is 0 Å². The van der Waals surface area contributed by atoms with Crippen LogP contribution < -0.4 is 10.4 Å². The van der Waals surface area contributed by atoms with E-state index in [4.69, 9.17) is 0 Å². The van der Waals surface area contributed by atoms with Crippen molar-refractivity contribution < 1.29 is 0 Å². The Morgan fingerprint density at radius 2 is 1.37 bits per heavy atom. The Labute approximate surface area is 244 Å². The molecule has 1 atom stereocenters. The number of benzene rings is 5. The van der Waals surface area contributed by atoms with Crippen LogP contribution in [0.2, 0.25) is 0 Å². The molecule has 5 aromatic carbocycles. The first-order valence-electron chi connectivity index (χ1n) is 15.0. The molecule has 0 saturated heterocycles. The monoisotopic (exact) mass is 528 g/mol. The highest BCUT2D eigenvalue weighted by molar-refractivity contribution is 5.88. The molecule has 0 radical (unpaired) electrons. The predicted octanol–water partition coefficient (Wildman–Crippen LogP) is 8.64. The summed E-state index contributed by atoms with van der Waals surface area (Å²) in [4.78, 5) is 0. The van der Waals surface area contributed by atoms with Crippen molar-refractivity contribution in [3.05, 3.63) is 169 Å². The van der Waals surface area contributed by atoms with Crippen molar-refractivity contribution in [2.45, 2.75) is 46.5 Å². The van der Waals surface area contributed by atoms with E-state index >= 15 is 0 Å². The maximum atomic E-state index is 2.50. The van der Waals surface area contributed by atoms with E-state index in [2.05, 4.69) is 143 Å². The van der Waals surface area contributed by atoms with Gasteiger partial charge in [-0.1, -0.05) is 123 Å². The molecule has 0 amide bonds. The Balaban J connectivity index is 1.65. The van der Waals surface area contributed by atoms with Crippen LogP contribution in [0.5, 0.6) is 0 Å². The topological polar surface area (TPSA) is 0 Å². The Morgan fingerprint density at radius 1 is 0.659 bits per heavy atom. The van der Waals surface area contributed by atoms with Crippen LogP contribution in [0.25, 0.3) is 28.9 Å². The lowest BCUT2D eigenvalue weighted by Crippen LogP contribution is -2.27. The predicted molar refractivity (Wildman–Crippen MR) is 175 cm³/mol. The molecule has 41 heavy (non-hydrogen) atoms. The quantitative estimate of drug-likeness (QED) is 0.210. The molecule has 5 aromatic rings. The molecule has 0 spiro atoms. The molecular formula is C41H36. The Bertz CT molecular complexity index is 1910. The minimum absolute atomic E-state index is 0.234. The summed E-state index contributed by atoms with van der Waals surface area (Å²) in [6, 6.07) is 36.2. The van der Waals surface area contributed by atoms with Crippen LogP contribution in [0.4, 0.5) is 0 Å². The molecule has 0 bridgehead atoms. The number of allylic oxidation sites excluding steroid dienone is 1. The molecule has 2 aliphatic carbocycles. The third-order valence-electron chi connectivity index (χ3n) is 9.03. The second kappa shape index (κ2) is 10.2. The largest absolute Gasteiger partial charge is 0.0720 e. The van der Waals surface area contributed by atoms with Crippen molar-refractivity contribution in [2.75, 3.05) is 0 Å². The van der Waals surface area contributed by atoms with Crippen molar-refractivity contribution in [3.63, 3.8) is 0 Å². The van der Waals surface area contributed by atoms with Gasteiger partial charge in [-0.15, -0.1) is 0 Å². The lowest BCUT2D eigenvalue weighted by molar-refractivity contribution is 0.957. The van der Waals surface area contributed by atoms with E-state index in [1.807, 2.05) is 0 Å². The van der Waals surface area contributed by atoms with E-state index in [9.17, 15) is 0 Å². The molecule has 0 heteroatoms. The normalized spacial score (nSPS) is 14.4. The number of aryl methyl sites for hydroxylation is 3. The fourth-order valence-corrected chi connectivity index (χ4v) is 7.25. The molecule has 1 unspecified atom stereocenters. The Kier molecular flexibility index (Phi) is 6.36. The second-order valence-electron chi connectivity index (χ2n) is 11.6. The first-order chi connectivity index (χ1) is 20.1. The van der Waals surface area contributed by atoms with Crippen molar-refractivity contribution >= 4 is 17.7 Å². The molecule has 0 nitrogen and oxygen atoms in total. The lowest BCUT2D eigenvalue weighted by atomic mass is 9.81. The van der Waals surface area contributed by atoms with Crippen LogP contribution in [-0.2, 0) is 12.8 Å². The standard InChI is InChI=1S/C41H36/c1-5-28-17-19-34-32(23-28)24-37-36(34)25-38(40(29-13-9-7-10-14-29)30-15-11-8-12-16-30)33(6-2)41(37)35-20-18-31-22-26(3)21-27(4)39(31)35/h7-25,35H,5-6H2,1-4H3.